The van der Waals surface area contributed by atoms with Gasteiger partial charge in [0.25, 0.3) is 0 Å². The average molecular weight is 297 g/mol. The number of nitrogens with zero attached hydrogens (tertiary/aromatic N) is 1. The molecule has 0 fully saturated rings. The van der Waals surface area contributed by atoms with Crippen LogP contribution in [-0.4, -0.2) is 49.8 Å². The summed E-state index contributed by atoms with van der Waals surface area (Å²) in [5, 5.41) is 0. The van der Waals surface area contributed by atoms with Gasteiger partial charge in [0, 0.05) is 11.4 Å². The minimum Gasteiger partial charge on any atom is -0.497 e. The Morgan fingerprint density at radius 3 is 2.35 bits per heavy atom. The first-order valence-electron chi connectivity index (χ1n) is 6.22. The van der Waals surface area contributed by atoms with E-state index >= 15 is 0 Å². The van der Waals surface area contributed by atoms with Crippen molar-refractivity contribution >= 4 is 23.6 Å². The topological polar surface area (TPSA) is 55.8 Å². The van der Waals surface area contributed by atoms with Crippen molar-refractivity contribution in [3.8, 4) is 5.75 Å². The number of carbonyl (C=O) groups is 2. The second kappa shape index (κ2) is 8.47. The van der Waals surface area contributed by atoms with Crippen molar-refractivity contribution in [2.24, 2.45) is 0 Å². The molecule has 0 atom stereocenters. The monoisotopic (exact) mass is 297 g/mol. The van der Waals surface area contributed by atoms with Crippen LogP contribution in [0.2, 0.25) is 0 Å². The van der Waals surface area contributed by atoms with Crippen LogP contribution in [0, 0.1) is 0 Å². The maximum absolute atomic E-state index is 12.0. The van der Waals surface area contributed by atoms with Crippen molar-refractivity contribution in [2.75, 3.05) is 33.1 Å². The summed E-state index contributed by atoms with van der Waals surface area (Å²) < 4.78 is 9.64. The van der Waals surface area contributed by atoms with Gasteiger partial charge in [-0.2, -0.15) is 0 Å². The van der Waals surface area contributed by atoms with Gasteiger partial charge in [0.1, 0.15) is 12.3 Å². The molecule has 0 bridgehead atoms. The number of methoxy groups -OCH3 is 2. The molecule has 5 nitrogen and oxygen atoms in total. The highest BCUT2D eigenvalue weighted by molar-refractivity contribution is 8.00. The summed E-state index contributed by atoms with van der Waals surface area (Å²) in [6, 6.07) is 7.48. The number of benzene rings is 1. The molecule has 0 aliphatic heterocycles. The summed E-state index contributed by atoms with van der Waals surface area (Å²) in [6.07, 6.45) is 0. The molecule has 0 saturated carbocycles. The molecule has 0 radical (unpaired) electrons. The van der Waals surface area contributed by atoms with Crippen LogP contribution in [0.25, 0.3) is 0 Å². The molecule has 0 aromatic heterocycles. The van der Waals surface area contributed by atoms with Gasteiger partial charge >= 0.3 is 5.97 Å². The van der Waals surface area contributed by atoms with Gasteiger partial charge < -0.3 is 14.4 Å². The Morgan fingerprint density at radius 2 is 1.85 bits per heavy atom. The average Bonchev–Trinajstić information content (AvgIpc) is 2.50. The maximum atomic E-state index is 12.0. The molecule has 0 aliphatic carbocycles. The third kappa shape index (κ3) is 5.13. The van der Waals surface area contributed by atoms with Crippen LogP contribution in [0.1, 0.15) is 6.92 Å². The Hall–Kier alpha value is -1.69. The van der Waals surface area contributed by atoms with E-state index in [0.29, 0.717) is 6.54 Å². The lowest BCUT2D eigenvalue weighted by Crippen LogP contribution is -2.37. The van der Waals surface area contributed by atoms with Crippen molar-refractivity contribution in [1.82, 2.24) is 4.90 Å². The first-order valence-corrected chi connectivity index (χ1v) is 7.20. The molecule has 1 rings (SSSR count). The predicted octanol–water partition coefficient (Wildman–Crippen LogP) is 1.81. The Balaban J connectivity index is 2.49. The van der Waals surface area contributed by atoms with Crippen LogP contribution >= 0.6 is 11.8 Å². The minimum absolute atomic E-state index is 0.00495. The van der Waals surface area contributed by atoms with Crippen molar-refractivity contribution < 1.29 is 19.1 Å². The van der Waals surface area contributed by atoms with Crippen LogP contribution in [0.3, 0.4) is 0 Å². The number of ether oxygens (including phenoxy) is 2. The normalized spacial score (nSPS) is 9.95. The quantitative estimate of drug-likeness (QED) is 0.567. The highest BCUT2D eigenvalue weighted by Gasteiger charge is 2.15. The number of amides is 1. The Kier molecular flexibility index (Phi) is 6.93. The number of hydrogen-bond acceptors (Lipinski definition) is 5. The first-order chi connectivity index (χ1) is 9.60. The molecule has 0 unspecified atom stereocenters. The van der Waals surface area contributed by atoms with Gasteiger partial charge in [-0.05, 0) is 31.2 Å². The van der Waals surface area contributed by atoms with Gasteiger partial charge in [0.05, 0.1) is 20.0 Å². The van der Waals surface area contributed by atoms with Gasteiger partial charge in [-0.15, -0.1) is 11.8 Å². The Morgan fingerprint density at radius 1 is 1.20 bits per heavy atom. The summed E-state index contributed by atoms with van der Waals surface area (Å²) in [5.41, 5.74) is 0. The number of rotatable bonds is 7. The Labute approximate surface area is 123 Å². The van der Waals surface area contributed by atoms with Gasteiger partial charge in [-0.3, -0.25) is 9.59 Å². The summed E-state index contributed by atoms with van der Waals surface area (Å²) in [6.45, 7) is 2.31. The van der Waals surface area contributed by atoms with Crippen molar-refractivity contribution in [3.63, 3.8) is 0 Å². The van der Waals surface area contributed by atoms with Crippen molar-refractivity contribution in [3.05, 3.63) is 24.3 Å². The number of carbonyl (C=O) groups excluding carboxylic acids is 2. The fourth-order valence-corrected chi connectivity index (χ4v) is 2.31. The molecule has 6 heteroatoms. The van der Waals surface area contributed by atoms with E-state index in [-0.39, 0.29) is 18.2 Å². The highest BCUT2D eigenvalue weighted by Crippen LogP contribution is 2.21. The van der Waals surface area contributed by atoms with Crippen LogP contribution in [0.4, 0.5) is 0 Å². The van der Waals surface area contributed by atoms with E-state index in [1.165, 1.54) is 23.8 Å². The highest BCUT2D eigenvalue weighted by atomic mass is 32.2. The van der Waals surface area contributed by atoms with Crippen LogP contribution in [0.5, 0.6) is 5.75 Å². The molecule has 110 valence electrons. The largest absolute Gasteiger partial charge is 0.497 e. The van der Waals surface area contributed by atoms with Crippen LogP contribution in [-0.2, 0) is 14.3 Å². The van der Waals surface area contributed by atoms with Crippen LogP contribution in [0.15, 0.2) is 29.2 Å². The molecule has 0 aliphatic rings. The molecule has 1 aromatic carbocycles. The van der Waals surface area contributed by atoms with E-state index in [1.807, 2.05) is 31.2 Å². The van der Waals surface area contributed by atoms with E-state index < -0.39 is 5.97 Å². The second-order valence-corrected chi connectivity index (χ2v) is 5.00. The number of likely N-dealkylation sites (N-methyl/N-ethyl adjacent to an activating group) is 1. The lowest BCUT2D eigenvalue weighted by molar-refractivity contribution is -0.146. The fourth-order valence-electron chi connectivity index (χ4n) is 1.51. The lowest BCUT2D eigenvalue weighted by atomic mass is 10.3. The number of hydrogen-bond donors (Lipinski definition) is 0. The standard InChI is InChI=1S/C14H19NO4S/c1-4-15(9-14(17)19-3)13(16)10-20-12-7-5-11(18-2)6-8-12/h5-8H,4,9-10H2,1-3H3. The van der Waals surface area contributed by atoms with E-state index in [9.17, 15) is 9.59 Å². The predicted molar refractivity (Wildman–Crippen MR) is 78.0 cm³/mol. The number of esters is 1. The van der Waals surface area contributed by atoms with Gasteiger partial charge in [-0.1, -0.05) is 0 Å². The third-order valence-electron chi connectivity index (χ3n) is 2.70. The van der Waals surface area contributed by atoms with Crippen molar-refractivity contribution in [2.45, 2.75) is 11.8 Å². The molecule has 0 saturated heterocycles. The third-order valence-corrected chi connectivity index (χ3v) is 3.70. The SMILES string of the molecule is CCN(CC(=O)OC)C(=O)CSc1ccc(OC)cc1. The zero-order valence-corrected chi connectivity index (χ0v) is 12.7. The van der Waals surface area contributed by atoms with Gasteiger partial charge in [0.2, 0.25) is 5.91 Å². The smallest absolute Gasteiger partial charge is 0.325 e. The molecule has 0 spiro atoms. The lowest BCUT2D eigenvalue weighted by Gasteiger charge is -2.19. The molecular formula is C14H19NO4S. The summed E-state index contributed by atoms with van der Waals surface area (Å²) in [7, 11) is 2.92. The Bertz CT molecular complexity index is 447. The van der Waals surface area contributed by atoms with Gasteiger partial charge in [-0.25, -0.2) is 0 Å². The van der Waals surface area contributed by atoms with Crippen LogP contribution < -0.4 is 4.74 Å². The second-order valence-electron chi connectivity index (χ2n) is 3.95. The zero-order chi connectivity index (χ0) is 15.0. The first kappa shape index (κ1) is 16.4. The van der Waals surface area contributed by atoms with E-state index in [4.69, 9.17) is 4.74 Å². The number of thioether (sulfide) groups is 1. The molecule has 0 heterocycles. The molecule has 1 amide bonds. The van der Waals surface area contributed by atoms with E-state index in [2.05, 4.69) is 4.74 Å². The fraction of sp³-hybridized carbons (Fsp3) is 0.429. The molecule has 20 heavy (non-hydrogen) atoms. The molecule has 0 N–H and O–H groups in total. The minimum atomic E-state index is -0.408. The molecule has 1 aromatic rings. The van der Waals surface area contributed by atoms with Crippen molar-refractivity contribution in [1.29, 1.82) is 0 Å². The summed E-state index contributed by atoms with van der Waals surface area (Å²) >= 11 is 1.43. The zero-order valence-electron chi connectivity index (χ0n) is 11.9. The maximum Gasteiger partial charge on any atom is 0.325 e. The van der Waals surface area contributed by atoms with E-state index in [0.717, 1.165) is 10.6 Å². The summed E-state index contributed by atoms with van der Waals surface area (Å²) in [5.74, 6) is 0.576. The molecular weight excluding hydrogens is 278 g/mol. The van der Waals surface area contributed by atoms with Gasteiger partial charge in [0.15, 0.2) is 0 Å². The van der Waals surface area contributed by atoms with E-state index in [1.54, 1.807) is 7.11 Å². The summed E-state index contributed by atoms with van der Waals surface area (Å²) in [4.78, 5) is 25.6.